The molecule has 0 fully saturated rings. The highest BCUT2D eigenvalue weighted by molar-refractivity contribution is 5.44. The summed E-state index contributed by atoms with van der Waals surface area (Å²) in [6.45, 7) is -0.393. The summed E-state index contributed by atoms with van der Waals surface area (Å²) in [5.41, 5.74) is 1.67. The molecule has 0 aliphatic carbocycles. The van der Waals surface area contributed by atoms with E-state index >= 15 is 0 Å². The standard InChI is InChI=1S/C8H10FN/c1-10-8-4-2-3-7(5-8)6-9/h2-5,10H,6H2,1H3. The minimum absolute atomic E-state index is 0.393. The molecule has 0 aromatic heterocycles. The molecule has 0 unspecified atom stereocenters. The highest BCUT2D eigenvalue weighted by atomic mass is 19.1. The Bertz CT molecular complexity index is 191. The molecule has 54 valence electrons. The van der Waals surface area contributed by atoms with Gasteiger partial charge in [-0.1, -0.05) is 12.1 Å². The van der Waals surface area contributed by atoms with Crippen molar-refractivity contribution in [1.82, 2.24) is 0 Å². The Labute approximate surface area is 59.9 Å². The molecule has 0 radical (unpaired) electrons. The predicted octanol–water partition coefficient (Wildman–Crippen LogP) is 2.20. The van der Waals surface area contributed by atoms with Crippen molar-refractivity contribution in [2.45, 2.75) is 6.67 Å². The van der Waals surface area contributed by atoms with E-state index < -0.39 is 6.67 Å². The fourth-order valence-electron chi connectivity index (χ4n) is 0.810. The van der Waals surface area contributed by atoms with E-state index in [1.807, 2.05) is 19.2 Å². The first-order valence-corrected chi connectivity index (χ1v) is 3.19. The lowest BCUT2D eigenvalue weighted by Gasteiger charge is -1.99. The zero-order chi connectivity index (χ0) is 7.40. The number of rotatable bonds is 2. The lowest BCUT2D eigenvalue weighted by molar-refractivity contribution is 0.485. The average Bonchev–Trinajstić information content (AvgIpc) is 2.05. The SMILES string of the molecule is CNc1cccc(CF)c1. The molecule has 1 aromatic carbocycles. The Hall–Kier alpha value is -1.05. The van der Waals surface area contributed by atoms with Crippen molar-refractivity contribution >= 4 is 5.69 Å². The van der Waals surface area contributed by atoms with Crippen molar-refractivity contribution in [3.63, 3.8) is 0 Å². The lowest BCUT2D eigenvalue weighted by atomic mass is 10.2. The van der Waals surface area contributed by atoms with Gasteiger partial charge < -0.3 is 5.32 Å². The summed E-state index contributed by atoms with van der Waals surface area (Å²) in [5, 5.41) is 2.94. The van der Waals surface area contributed by atoms with Crippen molar-refractivity contribution in [2.75, 3.05) is 12.4 Å². The van der Waals surface area contributed by atoms with Gasteiger partial charge in [0.2, 0.25) is 0 Å². The Balaban J connectivity index is 2.87. The Morgan fingerprint density at radius 3 is 2.90 bits per heavy atom. The number of anilines is 1. The number of halogens is 1. The van der Waals surface area contributed by atoms with Crippen LogP contribution >= 0.6 is 0 Å². The molecule has 0 aliphatic rings. The van der Waals surface area contributed by atoms with Gasteiger partial charge in [-0.3, -0.25) is 0 Å². The number of hydrogen-bond donors (Lipinski definition) is 1. The highest BCUT2D eigenvalue weighted by Gasteiger charge is 1.90. The molecule has 10 heavy (non-hydrogen) atoms. The van der Waals surface area contributed by atoms with Gasteiger partial charge in [0.05, 0.1) is 0 Å². The zero-order valence-corrected chi connectivity index (χ0v) is 5.89. The van der Waals surface area contributed by atoms with Crippen LogP contribution in [0.25, 0.3) is 0 Å². The van der Waals surface area contributed by atoms with E-state index in [1.54, 1.807) is 12.1 Å². The summed E-state index contributed by atoms with van der Waals surface area (Å²) in [7, 11) is 1.82. The van der Waals surface area contributed by atoms with Crippen LogP contribution in [0.15, 0.2) is 24.3 Å². The maximum Gasteiger partial charge on any atom is 0.115 e. The van der Waals surface area contributed by atoms with Gasteiger partial charge in [-0.2, -0.15) is 0 Å². The Morgan fingerprint density at radius 1 is 1.50 bits per heavy atom. The average molecular weight is 139 g/mol. The molecular formula is C8H10FN. The number of alkyl halides is 1. The molecule has 1 nitrogen and oxygen atoms in total. The van der Waals surface area contributed by atoms with Crippen molar-refractivity contribution in [1.29, 1.82) is 0 Å². The normalized spacial score (nSPS) is 9.40. The maximum absolute atomic E-state index is 12.0. The van der Waals surface area contributed by atoms with Crippen LogP contribution in [-0.4, -0.2) is 7.05 Å². The first kappa shape index (κ1) is 7.06. The molecule has 1 N–H and O–H groups in total. The summed E-state index contributed by atoms with van der Waals surface area (Å²) in [6.07, 6.45) is 0. The van der Waals surface area contributed by atoms with Crippen LogP contribution in [0.2, 0.25) is 0 Å². The third-order valence-electron chi connectivity index (χ3n) is 1.37. The van der Waals surface area contributed by atoms with Crippen LogP contribution in [0.3, 0.4) is 0 Å². The minimum Gasteiger partial charge on any atom is -0.388 e. The van der Waals surface area contributed by atoms with E-state index in [4.69, 9.17) is 0 Å². The minimum atomic E-state index is -0.393. The number of benzene rings is 1. The van der Waals surface area contributed by atoms with Crippen LogP contribution in [-0.2, 0) is 6.67 Å². The van der Waals surface area contributed by atoms with E-state index in [2.05, 4.69) is 5.32 Å². The summed E-state index contributed by atoms with van der Waals surface area (Å²) in [4.78, 5) is 0. The fraction of sp³-hybridized carbons (Fsp3) is 0.250. The molecule has 0 amide bonds. The van der Waals surface area contributed by atoms with E-state index in [0.717, 1.165) is 5.69 Å². The molecule has 0 bridgehead atoms. The molecule has 0 aliphatic heterocycles. The van der Waals surface area contributed by atoms with E-state index in [9.17, 15) is 4.39 Å². The molecular weight excluding hydrogens is 129 g/mol. The Morgan fingerprint density at radius 2 is 2.30 bits per heavy atom. The van der Waals surface area contributed by atoms with Crippen molar-refractivity contribution in [3.8, 4) is 0 Å². The monoisotopic (exact) mass is 139 g/mol. The summed E-state index contributed by atoms with van der Waals surface area (Å²) in [5.74, 6) is 0. The Kier molecular flexibility index (Phi) is 2.26. The summed E-state index contributed by atoms with van der Waals surface area (Å²) >= 11 is 0. The maximum atomic E-state index is 12.0. The van der Waals surface area contributed by atoms with Gasteiger partial charge in [-0.25, -0.2) is 4.39 Å². The third-order valence-corrected chi connectivity index (χ3v) is 1.37. The fourth-order valence-corrected chi connectivity index (χ4v) is 0.810. The first-order chi connectivity index (χ1) is 4.86. The third kappa shape index (κ3) is 1.47. The van der Waals surface area contributed by atoms with Gasteiger partial charge in [-0.15, -0.1) is 0 Å². The van der Waals surface area contributed by atoms with Gasteiger partial charge >= 0.3 is 0 Å². The van der Waals surface area contributed by atoms with Gasteiger partial charge in [-0.05, 0) is 17.7 Å². The zero-order valence-electron chi connectivity index (χ0n) is 5.89. The topological polar surface area (TPSA) is 12.0 Å². The van der Waals surface area contributed by atoms with E-state index in [-0.39, 0.29) is 0 Å². The van der Waals surface area contributed by atoms with Crippen LogP contribution in [0.5, 0.6) is 0 Å². The van der Waals surface area contributed by atoms with E-state index in [1.165, 1.54) is 0 Å². The number of hydrogen-bond acceptors (Lipinski definition) is 1. The molecule has 1 aromatic rings. The smallest absolute Gasteiger partial charge is 0.115 e. The van der Waals surface area contributed by atoms with Gasteiger partial charge in [0, 0.05) is 12.7 Å². The molecule has 1 rings (SSSR count). The van der Waals surface area contributed by atoms with Gasteiger partial charge in [0.15, 0.2) is 0 Å². The molecule has 0 spiro atoms. The quantitative estimate of drug-likeness (QED) is 0.662. The second kappa shape index (κ2) is 3.20. The number of nitrogens with one attached hydrogen (secondary N) is 1. The van der Waals surface area contributed by atoms with Crippen molar-refractivity contribution < 1.29 is 4.39 Å². The predicted molar refractivity (Wildman–Crippen MR) is 40.8 cm³/mol. The first-order valence-electron chi connectivity index (χ1n) is 3.19. The summed E-state index contributed by atoms with van der Waals surface area (Å²) in [6, 6.07) is 7.29. The van der Waals surface area contributed by atoms with Crippen LogP contribution in [0, 0.1) is 0 Å². The van der Waals surface area contributed by atoms with Crippen molar-refractivity contribution in [2.24, 2.45) is 0 Å². The van der Waals surface area contributed by atoms with E-state index in [0.29, 0.717) is 5.56 Å². The molecule has 0 heterocycles. The van der Waals surface area contributed by atoms with Crippen molar-refractivity contribution in [3.05, 3.63) is 29.8 Å². The molecule has 0 saturated carbocycles. The molecule has 0 atom stereocenters. The van der Waals surface area contributed by atoms with Crippen LogP contribution in [0.4, 0.5) is 10.1 Å². The van der Waals surface area contributed by atoms with Crippen LogP contribution in [0.1, 0.15) is 5.56 Å². The van der Waals surface area contributed by atoms with Crippen LogP contribution < -0.4 is 5.32 Å². The second-order valence-electron chi connectivity index (χ2n) is 2.08. The lowest BCUT2D eigenvalue weighted by Crippen LogP contribution is -1.88. The highest BCUT2D eigenvalue weighted by Crippen LogP contribution is 2.09. The molecule has 2 heteroatoms. The van der Waals surface area contributed by atoms with Gasteiger partial charge in [0.1, 0.15) is 6.67 Å². The molecule has 0 saturated heterocycles. The van der Waals surface area contributed by atoms with Gasteiger partial charge in [0.25, 0.3) is 0 Å². The largest absolute Gasteiger partial charge is 0.388 e. The second-order valence-corrected chi connectivity index (χ2v) is 2.08. The summed E-state index contributed by atoms with van der Waals surface area (Å²) < 4.78 is 12.0.